The van der Waals surface area contributed by atoms with Gasteiger partial charge in [0.1, 0.15) is 0 Å². The zero-order chi connectivity index (χ0) is 24.7. The molecular formula is C29H36N4O2. The molecule has 4 rings (SSSR count). The summed E-state index contributed by atoms with van der Waals surface area (Å²) in [5, 5.41) is 3.04. The molecule has 1 aliphatic heterocycles. The van der Waals surface area contributed by atoms with Crippen molar-refractivity contribution in [3.05, 3.63) is 90.0 Å². The number of benzene rings is 1. The van der Waals surface area contributed by atoms with Crippen molar-refractivity contribution in [3.8, 4) is 11.3 Å². The average Bonchev–Trinajstić information content (AvgIpc) is 2.89. The van der Waals surface area contributed by atoms with Gasteiger partial charge in [0.05, 0.1) is 12.0 Å². The maximum absolute atomic E-state index is 13.0. The Kier molecular flexibility index (Phi) is 8.01. The molecule has 2 heterocycles. The lowest BCUT2D eigenvalue weighted by Gasteiger charge is -2.50. The van der Waals surface area contributed by atoms with Crippen molar-refractivity contribution in [3.63, 3.8) is 0 Å². The first-order chi connectivity index (χ1) is 17.0. The maximum atomic E-state index is 13.0. The zero-order valence-electron chi connectivity index (χ0n) is 20.5. The van der Waals surface area contributed by atoms with E-state index in [1.807, 2.05) is 41.3 Å². The molecule has 1 spiro atoms. The Morgan fingerprint density at radius 2 is 1.94 bits per heavy atom. The molecule has 1 N–H and O–H groups in total. The first kappa shape index (κ1) is 24.7. The van der Waals surface area contributed by atoms with Crippen LogP contribution in [0.25, 0.3) is 11.3 Å². The standard InChI is InChI=1S/C29H36N4O2/c1-3-11-23(4-2)19-30-28(35)32-17-14-25(29(21-32)15-9-6-10-16-29)20-33-22-31-26(18-27(33)34)24-12-7-5-8-13-24/h3-5,7-8,11-13,18,22,25H,1-2,6,9-10,14-17,19-21H2,(H,30,35)/b23-11+. The molecule has 2 fully saturated rings. The highest BCUT2D eigenvalue weighted by Crippen LogP contribution is 2.47. The predicted octanol–water partition coefficient (Wildman–Crippen LogP) is 5.19. The normalized spacial score (nSPS) is 19.8. The van der Waals surface area contributed by atoms with Gasteiger partial charge in [-0.25, -0.2) is 9.78 Å². The van der Waals surface area contributed by atoms with Crippen LogP contribution in [0.5, 0.6) is 0 Å². The summed E-state index contributed by atoms with van der Waals surface area (Å²) in [5.41, 5.74) is 2.61. The molecule has 0 bridgehead atoms. The maximum Gasteiger partial charge on any atom is 0.317 e. The van der Waals surface area contributed by atoms with Crippen LogP contribution in [0.2, 0.25) is 0 Å². The first-order valence-electron chi connectivity index (χ1n) is 12.6. The number of amides is 2. The Morgan fingerprint density at radius 1 is 1.17 bits per heavy atom. The van der Waals surface area contributed by atoms with E-state index in [9.17, 15) is 9.59 Å². The summed E-state index contributed by atoms with van der Waals surface area (Å²) >= 11 is 0. The molecule has 2 amide bonds. The van der Waals surface area contributed by atoms with Crippen molar-refractivity contribution in [1.82, 2.24) is 19.8 Å². The molecular weight excluding hydrogens is 436 g/mol. The minimum Gasteiger partial charge on any atom is -0.334 e. The molecule has 1 atom stereocenters. The quantitative estimate of drug-likeness (QED) is 0.564. The van der Waals surface area contributed by atoms with Gasteiger partial charge in [0.2, 0.25) is 0 Å². The molecule has 1 aromatic heterocycles. The van der Waals surface area contributed by atoms with Crippen molar-refractivity contribution in [2.45, 2.75) is 45.1 Å². The van der Waals surface area contributed by atoms with E-state index in [2.05, 4.69) is 23.5 Å². The highest BCUT2D eigenvalue weighted by Gasteiger charge is 2.45. The van der Waals surface area contributed by atoms with Gasteiger partial charge >= 0.3 is 6.03 Å². The second-order valence-corrected chi connectivity index (χ2v) is 9.80. The van der Waals surface area contributed by atoms with Gasteiger partial charge in [-0.1, -0.05) is 81.0 Å². The predicted molar refractivity (Wildman–Crippen MR) is 141 cm³/mol. The van der Waals surface area contributed by atoms with Crippen LogP contribution in [-0.4, -0.2) is 40.1 Å². The fourth-order valence-electron chi connectivity index (χ4n) is 5.69. The van der Waals surface area contributed by atoms with Crippen LogP contribution in [0.4, 0.5) is 4.79 Å². The van der Waals surface area contributed by atoms with Crippen molar-refractivity contribution in [2.75, 3.05) is 19.6 Å². The van der Waals surface area contributed by atoms with Gasteiger partial charge in [0.25, 0.3) is 5.56 Å². The SMILES string of the molecule is C=C/C=C(\C=C)CNC(=O)N1CCC(Cn2cnc(-c3ccccc3)cc2=O)C2(CCCCC2)C1. The fourth-order valence-corrected chi connectivity index (χ4v) is 5.69. The van der Waals surface area contributed by atoms with Crippen molar-refractivity contribution >= 4 is 6.03 Å². The van der Waals surface area contributed by atoms with Crippen molar-refractivity contribution < 1.29 is 4.79 Å². The fraction of sp³-hybridized carbons (Fsp3) is 0.414. The molecule has 1 unspecified atom stereocenters. The summed E-state index contributed by atoms with van der Waals surface area (Å²) < 4.78 is 1.76. The number of aromatic nitrogens is 2. The number of likely N-dealkylation sites (tertiary alicyclic amines) is 1. The monoisotopic (exact) mass is 472 g/mol. The third-order valence-corrected chi connectivity index (χ3v) is 7.66. The van der Waals surface area contributed by atoms with E-state index in [0.717, 1.165) is 36.9 Å². The lowest BCUT2D eigenvalue weighted by Crippen LogP contribution is -2.55. The van der Waals surface area contributed by atoms with Crippen molar-refractivity contribution in [1.29, 1.82) is 0 Å². The second kappa shape index (κ2) is 11.3. The van der Waals surface area contributed by atoms with Crippen LogP contribution < -0.4 is 10.9 Å². The van der Waals surface area contributed by atoms with Crippen molar-refractivity contribution in [2.24, 2.45) is 11.3 Å². The number of carbonyl (C=O) groups is 1. The lowest BCUT2D eigenvalue weighted by atomic mass is 9.62. The molecule has 2 aromatic rings. The summed E-state index contributed by atoms with van der Waals surface area (Å²) in [4.78, 5) is 32.5. The summed E-state index contributed by atoms with van der Waals surface area (Å²) in [5.74, 6) is 0.346. The van der Waals surface area contributed by atoms with E-state index >= 15 is 0 Å². The topological polar surface area (TPSA) is 67.2 Å². The third-order valence-electron chi connectivity index (χ3n) is 7.66. The van der Waals surface area contributed by atoms with Crippen LogP contribution in [0.15, 0.2) is 84.5 Å². The average molecular weight is 473 g/mol. The number of urea groups is 1. The molecule has 2 aliphatic rings. The number of hydrogen-bond donors (Lipinski definition) is 1. The van der Waals surface area contributed by atoms with E-state index in [0.29, 0.717) is 31.2 Å². The molecule has 184 valence electrons. The molecule has 1 saturated heterocycles. The number of carbonyl (C=O) groups excluding carboxylic acids is 1. The van der Waals surface area contributed by atoms with Crippen LogP contribution in [0.1, 0.15) is 38.5 Å². The number of nitrogens with one attached hydrogen (secondary N) is 1. The van der Waals surface area contributed by atoms with E-state index < -0.39 is 0 Å². The van der Waals surface area contributed by atoms with Gasteiger partial charge in [-0.05, 0) is 36.2 Å². The minimum absolute atomic E-state index is 0.0176. The molecule has 1 aliphatic carbocycles. The Labute approximate surface area is 208 Å². The molecule has 35 heavy (non-hydrogen) atoms. The molecule has 1 saturated carbocycles. The Balaban J connectivity index is 1.47. The smallest absolute Gasteiger partial charge is 0.317 e. The first-order valence-corrected chi connectivity index (χ1v) is 12.6. The summed E-state index contributed by atoms with van der Waals surface area (Å²) in [7, 11) is 0. The zero-order valence-corrected chi connectivity index (χ0v) is 20.5. The van der Waals surface area contributed by atoms with Crippen LogP contribution in [0.3, 0.4) is 0 Å². The number of allylic oxidation sites excluding steroid dienone is 2. The largest absolute Gasteiger partial charge is 0.334 e. The minimum atomic E-state index is -0.0312. The summed E-state index contributed by atoms with van der Waals surface area (Å²) in [6.45, 7) is 10.0. The highest BCUT2D eigenvalue weighted by molar-refractivity contribution is 5.74. The van der Waals surface area contributed by atoms with Gasteiger partial charge < -0.3 is 10.2 Å². The van der Waals surface area contributed by atoms with Gasteiger partial charge in [0.15, 0.2) is 0 Å². The third kappa shape index (κ3) is 5.81. The van der Waals surface area contributed by atoms with Crippen LogP contribution in [-0.2, 0) is 6.54 Å². The number of nitrogens with zero attached hydrogens (tertiary/aromatic N) is 3. The molecule has 6 heteroatoms. The van der Waals surface area contributed by atoms with Crippen LogP contribution in [0, 0.1) is 11.3 Å². The van der Waals surface area contributed by atoms with Gasteiger partial charge in [-0.2, -0.15) is 0 Å². The molecule has 0 radical (unpaired) electrons. The molecule has 6 nitrogen and oxygen atoms in total. The number of rotatable bonds is 7. The Morgan fingerprint density at radius 3 is 2.63 bits per heavy atom. The number of piperidine rings is 1. The second-order valence-electron chi connectivity index (χ2n) is 9.80. The van der Waals surface area contributed by atoms with Gasteiger partial charge in [-0.15, -0.1) is 0 Å². The van der Waals surface area contributed by atoms with Gasteiger partial charge in [0, 0.05) is 37.8 Å². The van der Waals surface area contributed by atoms with Gasteiger partial charge in [-0.3, -0.25) is 9.36 Å². The lowest BCUT2D eigenvalue weighted by molar-refractivity contribution is 0.00357. The van der Waals surface area contributed by atoms with E-state index in [4.69, 9.17) is 0 Å². The Bertz CT molecular complexity index is 1130. The van der Waals surface area contributed by atoms with E-state index in [1.165, 1.54) is 19.3 Å². The molecule has 1 aromatic carbocycles. The van der Waals surface area contributed by atoms with Crippen LogP contribution >= 0.6 is 0 Å². The Hall–Kier alpha value is -3.41. The summed E-state index contributed by atoms with van der Waals surface area (Å²) in [6.07, 6.45) is 13.7. The number of hydrogen-bond acceptors (Lipinski definition) is 3. The summed E-state index contributed by atoms with van der Waals surface area (Å²) in [6, 6.07) is 11.4. The van der Waals surface area contributed by atoms with E-state index in [1.54, 1.807) is 29.1 Å². The highest BCUT2D eigenvalue weighted by atomic mass is 16.2. The van der Waals surface area contributed by atoms with E-state index in [-0.39, 0.29) is 17.0 Å².